The molecule has 1 heterocycles. The van der Waals surface area contributed by atoms with Crippen LogP contribution in [0.2, 0.25) is 0 Å². The lowest BCUT2D eigenvalue weighted by Gasteiger charge is -2.31. The molecule has 1 unspecified atom stereocenters. The molecule has 1 aromatic heterocycles. The highest BCUT2D eigenvalue weighted by Crippen LogP contribution is 2.24. The van der Waals surface area contributed by atoms with Crippen LogP contribution >= 0.6 is 0 Å². The van der Waals surface area contributed by atoms with Crippen molar-refractivity contribution in [3.63, 3.8) is 0 Å². The van der Waals surface area contributed by atoms with Crippen molar-refractivity contribution in [2.45, 2.75) is 52.3 Å². The molecular formula is C23H27N3O2. The summed E-state index contributed by atoms with van der Waals surface area (Å²) in [5, 5.41) is 4.07. The lowest BCUT2D eigenvalue weighted by molar-refractivity contribution is 0.187. The molecule has 3 aromatic rings. The Morgan fingerprint density at radius 2 is 1.86 bits per heavy atom. The summed E-state index contributed by atoms with van der Waals surface area (Å²) in [6.07, 6.45) is 3.36. The van der Waals surface area contributed by atoms with E-state index in [0.29, 0.717) is 30.9 Å². The Labute approximate surface area is 166 Å². The van der Waals surface area contributed by atoms with Gasteiger partial charge in [-0.25, -0.2) is 0 Å². The zero-order valence-corrected chi connectivity index (χ0v) is 16.8. The summed E-state index contributed by atoms with van der Waals surface area (Å²) >= 11 is 0. The minimum absolute atomic E-state index is 0.312. The Morgan fingerprint density at radius 3 is 2.64 bits per heavy atom. The largest absolute Gasteiger partial charge is 0.485 e. The van der Waals surface area contributed by atoms with Crippen molar-refractivity contribution < 1.29 is 9.26 Å². The molecule has 1 aliphatic carbocycles. The van der Waals surface area contributed by atoms with Crippen molar-refractivity contribution in [2.75, 3.05) is 7.05 Å². The topological polar surface area (TPSA) is 51.4 Å². The highest BCUT2D eigenvalue weighted by Gasteiger charge is 2.23. The van der Waals surface area contributed by atoms with Crippen LogP contribution in [0.4, 0.5) is 0 Å². The van der Waals surface area contributed by atoms with Gasteiger partial charge in [0.1, 0.15) is 5.75 Å². The van der Waals surface area contributed by atoms with Gasteiger partial charge < -0.3 is 9.26 Å². The number of likely N-dealkylation sites (N-methyl/N-ethyl adjacent to an activating group) is 1. The predicted molar refractivity (Wildman–Crippen MR) is 108 cm³/mol. The fourth-order valence-electron chi connectivity index (χ4n) is 3.97. The second kappa shape index (κ2) is 8.15. The van der Waals surface area contributed by atoms with E-state index >= 15 is 0 Å². The highest BCUT2D eigenvalue weighted by atomic mass is 16.5. The van der Waals surface area contributed by atoms with Crippen LogP contribution in [-0.4, -0.2) is 28.1 Å². The Kier molecular flexibility index (Phi) is 5.44. The van der Waals surface area contributed by atoms with E-state index < -0.39 is 0 Å². The van der Waals surface area contributed by atoms with Crippen LogP contribution in [0.15, 0.2) is 47.0 Å². The van der Waals surface area contributed by atoms with Crippen molar-refractivity contribution >= 4 is 0 Å². The number of benzene rings is 2. The van der Waals surface area contributed by atoms with Crippen molar-refractivity contribution in [3.8, 4) is 5.75 Å². The van der Waals surface area contributed by atoms with E-state index in [2.05, 4.69) is 66.3 Å². The molecule has 0 spiro atoms. The number of fused-ring (bicyclic) bond motifs is 1. The van der Waals surface area contributed by atoms with Gasteiger partial charge in [-0.3, -0.25) is 4.90 Å². The first-order valence-electron chi connectivity index (χ1n) is 9.86. The highest BCUT2D eigenvalue weighted by molar-refractivity contribution is 5.33. The zero-order chi connectivity index (χ0) is 19.5. The van der Waals surface area contributed by atoms with Gasteiger partial charge in [0.2, 0.25) is 11.7 Å². The molecule has 0 bridgehead atoms. The number of hydrogen-bond donors (Lipinski definition) is 0. The standard InChI is InChI=1S/C23H27N3O2/c1-16-10-17(2)12-21(11-16)27-15-22-24-23(28-25-22)14-26(3)20-9-8-18-6-4-5-7-19(18)13-20/h4-7,10-12,20H,8-9,13-15H2,1-3H3. The van der Waals surface area contributed by atoms with Crippen molar-refractivity contribution in [1.82, 2.24) is 15.0 Å². The van der Waals surface area contributed by atoms with E-state index in [1.807, 2.05) is 12.1 Å². The summed E-state index contributed by atoms with van der Waals surface area (Å²) in [6.45, 7) is 5.09. The first kappa shape index (κ1) is 18.7. The van der Waals surface area contributed by atoms with Gasteiger partial charge in [-0.05, 0) is 74.5 Å². The van der Waals surface area contributed by atoms with Crippen LogP contribution < -0.4 is 4.74 Å². The summed E-state index contributed by atoms with van der Waals surface area (Å²) in [7, 11) is 2.13. The van der Waals surface area contributed by atoms with Crippen molar-refractivity contribution in [2.24, 2.45) is 0 Å². The minimum Gasteiger partial charge on any atom is -0.485 e. The minimum atomic E-state index is 0.312. The molecule has 0 amide bonds. The summed E-state index contributed by atoms with van der Waals surface area (Å²) < 4.78 is 11.3. The van der Waals surface area contributed by atoms with Gasteiger partial charge in [-0.2, -0.15) is 4.98 Å². The van der Waals surface area contributed by atoms with Crippen LogP contribution in [0.1, 0.15) is 40.4 Å². The number of aryl methyl sites for hydroxylation is 3. The van der Waals surface area contributed by atoms with Crippen LogP contribution in [0.25, 0.3) is 0 Å². The van der Waals surface area contributed by atoms with E-state index in [4.69, 9.17) is 9.26 Å². The fraction of sp³-hybridized carbons (Fsp3) is 0.391. The molecule has 0 radical (unpaired) electrons. The molecule has 1 atom stereocenters. The smallest absolute Gasteiger partial charge is 0.240 e. The molecule has 28 heavy (non-hydrogen) atoms. The van der Waals surface area contributed by atoms with Crippen molar-refractivity contribution in [3.05, 3.63) is 76.4 Å². The molecule has 1 aliphatic rings. The number of rotatable bonds is 6. The van der Waals surface area contributed by atoms with Gasteiger partial charge >= 0.3 is 0 Å². The van der Waals surface area contributed by atoms with E-state index in [0.717, 1.165) is 25.0 Å². The molecule has 0 N–H and O–H groups in total. The zero-order valence-electron chi connectivity index (χ0n) is 16.8. The Bertz CT molecular complexity index is 930. The van der Waals surface area contributed by atoms with Crippen LogP contribution in [0, 0.1) is 13.8 Å². The molecule has 2 aromatic carbocycles. The molecule has 5 heteroatoms. The molecular weight excluding hydrogens is 350 g/mol. The van der Waals surface area contributed by atoms with Gasteiger partial charge in [-0.1, -0.05) is 35.5 Å². The SMILES string of the molecule is Cc1cc(C)cc(OCc2noc(CN(C)C3CCc4ccccc4C3)n2)c1. The molecule has 146 valence electrons. The Hall–Kier alpha value is -2.66. The average molecular weight is 377 g/mol. The fourth-order valence-corrected chi connectivity index (χ4v) is 3.97. The van der Waals surface area contributed by atoms with Gasteiger partial charge in [0.05, 0.1) is 6.54 Å². The maximum atomic E-state index is 5.83. The van der Waals surface area contributed by atoms with Crippen LogP contribution in [0.5, 0.6) is 5.75 Å². The summed E-state index contributed by atoms with van der Waals surface area (Å²) in [4.78, 5) is 6.82. The third-order valence-corrected chi connectivity index (χ3v) is 5.40. The van der Waals surface area contributed by atoms with Gasteiger partial charge in [0, 0.05) is 6.04 Å². The van der Waals surface area contributed by atoms with E-state index in [1.54, 1.807) is 0 Å². The Balaban J connectivity index is 1.33. The van der Waals surface area contributed by atoms with E-state index in [1.165, 1.54) is 22.3 Å². The first-order chi connectivity index (χ1) is 13.6. The third kappa shape index (κ3) is 4.42. The quantitative estimate of drug-likeness (QED) is 0.643. The van der Waals surface area contributed by atoms with Crippen molar-refractivity contribution in [1.29, 1.82) is 0 Å². The van der Waals surface area contributed by atoms with Gasteiger partial charge in [0.15, 0.2) is 6.61 Å². The molecule has 5 nitrogen and oxygen atoms in total. The predicted octanol–water partition coefficient (Wildman–Crippen LogP) is 4.25. The molecule has 0 aliphatic heterocycles. The number of hydrogen-bond acceptors (Lipinski definition) is 5. The summed E-state index contributed by atoms with van der Waals surface area (Å²) in [5.41, 5.74) is 5.30. The van der Waals surface area contributed by atoms with Crippen LogP contribution in [-0.2, 0) is 26.0 Å². The number of nitrogens with zero attached hydrogens (tertiary/aromatic N) is 3. The Morgan fingerprint density at radius 1 is 1.11 bits per heavy atom. The lowest BCUT2D eigenvalue weighted by Crippen LogP contribution is -2.36. The average Bonchev–Trinajstić information content (AvgIpc) is 3.12. The molecule has 0 saturated heterocycles. The molecule has 0 fully saturated rings. The van der Waals surface area contributed by atoms with E-state index in [-0.39, 0.29) is 0 Å². The summed E-state index contributed by atoms with van der Waals surface area (Å²) in [5.74, 6) is 2.05. The number of aromatic nitrogens is 2. The van der Waals surface area contributed by atoms with E-state index in [9.17, 15) is 0 Å². The second-order valence-electron chi connectivity index (χ2n) is 7.80. The first-order valence-corrected chi connectivity index (χ1v) is 9.86. The molecule has 0 saturated carbocycles. The molecule has 4 rings (SSSR count). The maximum Gasteiger partial charge on any atom is 0.240 e. The second-order valence-corrected chi connectivity index (χ2v) is 7.80. The van der Waals surface area contributed by atoms with Crippen LogP contribution in [0.3, 0.4) is 0 Å². The summed E-state index contributed by atoms with van der Waals surface area (Å²) in [6, 6.07) is 15.4. The van der Waals surface area contributed by atoms with Gasteiger partial charge in [0.25, 0.3) is 0 Å². The third-order valence-electron chi connectivity index (χ3n) is 5.40. The monoisotopic (exact) mass is 377 g/mol. The van der Waals surface area contributed by atoms with Gasteiger partial charge in [-0.15, -0.1) is 0 Å². The lowest BCUT2D eigenvalue weighted by atomic mass is 9.88. The normalized spacial score (nSPS) is 16.2. The number of ether oxygens (including phenoxy) is 1. The maximum absolute atomic E-state index is 5.83.